The average molecular weight is 839 g/mol. The summed E-state index contributed by atoms with van der Waals surface area (Å²) in [6, 6.07) is 29.3. The van der Waals surface area contributed by atoms with E-state index in [1.165, 1.54) is 73.6 Å². The minimum atomic E-state index is 0.348. The third kappa shape index (κ3) is 16.8. The Morgan fingerprint density at radius 3 is 0.758 bits per heavy atom. The second-order valence-electron chi connectivity index (χ2n) is 16.6. The lowest BCUT2D eigenvalue weighted by molar-refractivity contribution is -0.697. The molecule has 330 valence electrons. The van der Waals surface area contributed by atoms with E-state index in [-0.39, 0.29) is 0 Å². The summed E-state index contributed by atoms with van der Waals surface area (Å²) in [6.45, 7) is 17.7. The molecule has 0 unspecified atom stereocenters. The normalized spacial score (nSPS) is 10.7. The SMILES string of the molecule is CCCC[n+]1ccc(-c2cc[n+](CCCC)cc2)cc1.CCCC[n+]1ccc(-c2cc[n+](CCCC)cc2)cc1.CCCCc1ccc(-c2ccc(CCCC)c(O)c2)cc1O. The Bertz CT molecular complexity index is 1860. The number of phenolic OH excluding ortho intramolecular Hbond substituents is 2. The van der Waals surface area contributed by atoms with Gasteiger partial charge in [-0.15, -0.1) is 0 Å². The van der Waals surface area contributed by atoms with Gasteiger partial charge in [0.15, 0.2) is 49.6 Å². The molecule has 62 heavy (non-hydrogen) atoms. The van der Waals surface area contributed by atoms with Crippen molar-refractivity contribution in [1.29, 1.82) is 0 Å². The van der Waals surface area contributed by atoms with Crippen LogP contribution in [0.3, 0.4) is 0 Å². The highest BCUT2D eigenvalue weighted by atomic mass is 16.3. The van der Waals surface area contributed by atoms with Gasteiger partial charge in [0.25, 0.3) is 0 Å². The van der Waals surface area contributed by atoms with E-state index in [0.717, 1.165) is 87.0 Å². The molecule has 0 atom stereocenters. The molecule has 6 nitrogen and oxygen atoms in total. The largest absolute Gasteiger partial charge is 0.508 e. The number of aromatic nitrogens is 4. The third-order valence-corrected chi connectivity index (χ3v) is 11.4. The minimum absolute atomic E-state index is 0.348. The van der Waals surface area contributed by atoms with Crippen molar-refractivity contribution in [3.8, 4) is 44.9 Å². The van der Waals surface area contributed by atoms with Gasteiger partial charge < -0.3 is 10.2 Å². The predicted molar refractivity (Wildman–Crippen MR) is 257 cm³/mol. The van der Waals surface area contributed by atoms with Crippen LogP contribution in [0, 0.1) is 0 Å². The first-order valence-electron chi connectivity index (χ1n) is 23.9. The lowest BCUT2D eigenvalue weighted by Crippen LogP contribution is -2.32. The number of pyridine rings is 4. The van der Waals surface area contributed by atoms with E-state index < -0.39 is 0 Å². The standard InChI is InChI=1S/C20H26O2.2C18H26N2/c1-3-5-7-15-9-11-17(13-19(15)21)18-12-10-16(8-6-4-2)20(22)14-18;2*1-3-5-11-19-13-7-17(8-14-19)18-9-15-20(16-10-18)12-6-4-2/h9-14,21-22H,3-8H2,1-2H3;2*7-10,13-16H,3-6,11-12H2,1-2H3/q;2*+2. The van der Waals surface area contributed by atoms with E-state index in [1.54, 1.807) is 12.1 Å². The van der Waals surface area contributed by atoms with Crippen LogP contribution in [0.1, 0.15) is 130 Å². The summed E-state index contributed by atoms with van der Waals surface area (Å²) < 4.78 is 9.05. The van der Waals surface area contributed by atoms with Crippen molar-refractivity contribution < 1.29 is 28.5 Å². The highest BCUT2D eigenvalue weighted by Crippen LogP contribution is 2.31. The monoisotopic (exact) mass is 839 g/mol. The summed E-state index contributed by atoms with van der Waals surface area (Å²) >= 11 is 0. The van der Waals surface area contributed by atoms with Crippen molar-refractivity contribution in [3.63, 3.8) is 0 Å². The lowest BCUT2D eigenvalue weighted by Gasteiger charge is -2.10. The molecule has 0 aliphatic rings. The Kier molecular flexibility index (Phi) is 22.5. The molecule has 0 spiro atoms. The van der Waals surface area contributed by atoms with Gasteiger partial charge >= 0.3 is 0 Å². The van der Waals surface area contributed by atoms with Crippen LogP contribution in [0.15, 0.2) is 135 Å². The molecule has 0 aliphatic carbocycles. The van der Waals surface area contributed by atoms with Crippen molar-refractivity contribution >= 4 is 0 Å². The maximum Gasteiger partial charge on any atom is 0.169 e. The Morgan fingerprint density at radius 2 is 0.548 bits per heavy atom. The molecule has 0 saturated heterocycles. The highest BCUT2D eigenvalue weighted by molar-refractivity contribution is 5.68. The maximum absolute atomic E-state index is 10.2. The number of phenols is 2. The van der Waals surface area contributed by atoms with E-state index >= 15 is 0 Å². The fourth-order valence-corrected chi connectivity index (χ4v) is 7.20. The Hall–Kier alpha value is -5.36. The molecular weight excluding hydrogens is 761 g/mol. The van der Waals surface area contributed by atoms with Gasteiger partial charge in [-0.05, 0) is 82.3 Å². The molecule has 0 amide bonds. The van der Waals surface area contributed by atoms with Gasteiger partial charge in [0.05, 0.1) is 0 Å². The van der Waals surface area contributed by atoms with E-state index in [1.807, 2.05) is 24.3 Å². The number of hydrogen-bond donors (Lipinski definition) is 2. The van der Waals surface area contributed by atoms with Crippen molar-refractivity contribution in [2.75, 3.05) is 0 Å². The molecule has 4 aromatic heterocycles. The number of unbranched alkanes of at least 4 members (excludes halogenated alkanes) is 6. The van der Waals surface area contributed by atoms with Crippen LogP contribution in [0.25, 0.3) is 33.4 Å². The van der Waals surface area contributed by atoms with E-state index in [9.17, 15) is 10.2 Å². The van der Waals surface area contributed by atoms with Crippen molar-refractivity contribution in [2.45, 2.75) is 158 Å². The summed E-state index contributed by atoms with van der Waals surface area (Å²) in [6.07, 6.45) is 33.6. The Balaban J connectivity index is 0.000000205. The molecule has 2 aromatic carbocycles. The number of nitrogens with zero attached hydrogens (tertiary/aromatic N) is 4. The molecule has 2 N–H and O–H groups in total. The van der Waals surface area contributed by atoms with Gasteiger partial charge in [-0.3, -0.25) is 0 Å². The molecular formula is C56H78N4O2+4. The molecule has 0 aliphatic heterocycles. The molecule has 0 bridgehead atoms. The summed E-state index contributed by atoms with van der Waals surface area (Å²) in [4.78, 5) is 0. The van der Waals surface area contributed by atoms with E-state index in [0.29, 0.717) is 11.5 Å². The average Bonchev–Trinajstić information content (AvgIpc) is 3.31. The third-order valence-electron chi connectivity index (χ3n) is 11.4. The topological polar surface area (TPSA) is 56.0 Å². The summed E-state index contributed by atoms with van der Waals surface area (Å²) in [5.41, 5.74) is 9.04. The van der Waals surface area contributed by atoms with Gasteiger partial charge in [0, 0.05) is 74.2 Å². The predicted octanol–water partition coefficient (Wildman–Crippen LogP) is 12.5. The van der Waals surface area contributed by atoms with Crippen LogP contribution in [0.2, 0.25) is 0 Å². The van der Waals surface area contributed by atoms with Crippen LogP contribution in [0.5, 0.6) is 11.5 Å². The number of rotatable bonds is 21. The fourth-order valence-electron chi connectivity index (χ4n) is 7.20. The van der Waals surface area contributed by atoms with Crippen LogP contribution in [-0.2, 0) is 39.0 Å². The van der Waals surface area contributed by atoms with Gasteiger partial charge in [-0.1, -0.05) is 104 Å². The van der Waals surface area contributed by atoms with Crippen LogP contribution in [0.4, 0.5) is 0 Å². The summed E-state index contributed by atoms with van der Waals surface area (Å²) in [5, 5.41) is 20.3. The summed E-state index contributed by atoms with van der Waals surface area (Å²) in [7, 11) is 0. The first kappa shape index (κ1) is 49.3. The second kappa shape index (κ2) is 28.3. The number of hydrogen-bond acceptors (Lipinski definition) is 2. The zero-order valence-corrected chi connectivity index (χ0v) is 39.1. The zero-order chi connectivity index (χ0) is 44.4. The van der Waals surface area contributed by atoms with E-state index in [4.69, 9.17) is 0 Å². The van der Waals surface area contributed by atoms with Crippen molar-refractivity contribution in [3.05, 3.63) is 146 Å². The van der Waals surface area contributed by atoms with E-state index in [2.05, 4.69) is 158 Å². The van der Waals surface area contributed by atoms with Crippen LogP contribution < -0.4 is 18.3 Å². The van der Waals surface area contributed by atoms with Gasteiger partial charge in [0.2, 0.25) is 0 Å². The smallest absolute Gasteiger partial charge is 0.169 e. The Morgan fingerprint density at radius 1 is 0.306 bits per heavy atom. The maximum atomic E-state index is 10.2. The zero-order valence-electron chi connectivity index (χ0n) is 39.1. The minimum Gasteiger partial charge on any atom is -0.508 e. The molecule has 6 rings (SSSR count). The number of benzene rings is 2. The first-order chi connectivity index (χ1) is 30.3. The molecule has 0 fully saturated rings. The molecule has 6 aromatic rings. The molecule has 0 radical (unpaired) electrons. The van der Waals surface area contributed by atoms with Crippen molar-refractivity contribution in [2.24, 2.45) is 0 Å². The van der Waals surface area contributed by atoms with Gasteiger partial charge in [0.1, 0.15) is 37.7 Å². The molecule has 0 saturated carbocycles. The van der Waals surface area contributed by atoms with Gasteiger partial charge in [-0.25, -0.2) is 18.3 Å². The summed E-state index contributed by atoms with van der Waals surface area (Å²) in [5.74, 6) is 0.695. The molecule has 6 heteroatoms. The lowest BCUT2D eigenvalue weighted by atomic mass is 9.98. The fraction of sp³-hybridized carbons (Fsp3) is 0.429. The number of aromatic hydroxyl groups is 2. The van der Waals surface area contributed by atoms with Crippen LogP contribution >= 0.6 is 0 Å². The molecule has 4 heterocycles. The van der Waals surface area contributed by atoms with Crippen LogP contribution in [-0.4, -0.2) is 10.2 Å². The first-order valence-corrected chi connectivity index (χ1v) is 23.9. The Labute approximate surface area is 375 Å². The number of aryl methyl sites for hydroxylation is 6. The van der Waals surface area contributed by atoms with Gasteiger partial charge in [-0.2, -0.15) is 0 Å². The second-order valence-corrected chi connectivity index (χ2v) is 16.6. The highest BCUT2D eigenvalue weighted by Gasteiger charge is 2.09. The van der Waals surface area contributed by atoms with Crippen molar-refractivity contribution in [1.82, 2.24) is 0 Å². The quantitative estimate of drug-likeness (QED) is 0.0710.